The van der Waals surface area contributed by atoms with Crippen LogP contribution in [-0.4, -0.2) is 76.4 Å². The van der Waals surface area contributed by atoms with E-state index in [9.17, 15) is 19.2 Å². The number of aromatic nitrogens is 1. The Hall–Kier alpha value is -2.78. The van der Waals surface area contributed by atoms with Crippen LogP contribution in [0, 0.1) is 17.2 Å². The fourth-order valence-electron chi connectivity index (χ4n) is 5.96. The molecule has 0 radical (unpaired) electrons. The number of rotatable bonds is 6. The first-order valence-corrected chi connectivity index (χ1v) is 15.9. The van der Waals surface area contributed by atoms with E-state index >= 15 is 0 Å². The summed E-state index contributed by atoms with van der Waals surface area (Å²) in [5.41, 5.74) is 2.04. The third-order valence-corrected chi connectivity index (χ3v) is 10.2. The zero-order valence-electron chi connectivity index (χ0n) is 22.2. The topological polar surface area (TPSA) is 135 Å². The smallest absolute Gasteiger partial charge is 0.298 e. The summed E-state index contributed by atoms with van der Waals surface area (Å²) in [4.78, 5) is 22.7. The minimum atomic E-state index is -2.45. The second-order valence-electron chi connectivity index (χ2n) is 11.2. The molecule has 10 nitrogen and oxygen atoms in total. The molecule has 3 heterocycles. The van der Waals surface area contributed by atoms with Gasteiger partial charge in [0.05, 0.1) is 30.8 Å². The number of nitrogens with zero attached hydrogens (tertiary/aromatic N) is 4. The van der Waals surface area contributed by atoms with Crippen molar-refractivity contribution in [3.05, 3.63) is 30.0 Å². The number of oxazole rings is 1. The Balaban J connectivity index is 1.30. The van der Waals surface area contributed by atoms with Crippen LogP contribution in [0.1, 0.15) is 50.2 Å². The molecule has 2 aromatic rings. The monoisotopic (exact) mass is 555 g/mol. The summed E-state index contributed by atoms with van der Waals surface area (Å²) in [5.74, 6) is 1.10. The molecule has 1 amide bonds. The minimum Gasteiger partial charge on any atom is -0.428 e. The van der Waals surface area contributed by atoms with Crippen molar-refractivity contribution in [2.75, 3.05) is 60.7 Å². The number of nitriles is 1. The van der Waals surface area contributed by atoms with E-state index in [-0.39, 0.29) is 17.7 Å². The zero-order chi connectivity index (χ0) is 27.0. The van der Waals surface area contributed by atoms with Crippen LogP contribution in [0.25, 0.3) is 11.3 Å². The average Bonchev–Trinajstić information content (AvgIpc) is 3.60. The van der Waals surface area contributed by atoms with Crippen molar-refractivity contribution in [1.29, 1.82) is 5.26 Å². The van der Waals surface area contributed by atoms with E-state index < -0.39 is 16.1 Å². The van der Waals surface area contributed by atoms with Crippen molar-refractivity contribution < 1.29 is 23.1 Å². The van der Waals surface area contributed by atoms with Crippen molar-refractivity contribution in [3.8, 4) is 17.3 Å². The van der Waals surface area contributed by atoms with E-state index in [0.717, 1.165) is 48.4 Å². The standard InChI is InChI=1S/C28H37N5O5S/c29-19-28(9-10-28)31-26(34)23-4-2-1-3-22(23)25-24(30-27(38-25)33-11-15-37-16-12-33)20-5-7-21(8-6-20)32-13-17-39(35,36)18-14-32/h5-8,22-23,35-36H,1-4,9-18H2,(H,31,34)/t22-,23-/m1/s1. The van der Waals surface area contributed by atoms with Crippen LogP contribution in [0.2, 0.25) is 0 Å². The Morgan fingerprint density at radius 1 is 1.05 bits per heavy atom. The van der Waals surface area contributed by atoms with Gasteiger partial charge in [-0.25, -0.2) is 0 Å². The van der Waals surface area contributed by atoms with E-state index in [1.807, 2.05) is 24.3 Å². The lowest BCUT2D eigenvalue weighted by Crippen LogP contribution is -2.42. The number of anilines is 2. The molecule has 1 aromatic carbocycles. The number of nitrogens with one attached hydrogen (secondary N) is 1. The number of hydrogen-bond acceptors (Lipinski definition) is 9. The average molecular weight is 556 g/mol. The summed E-state index contributed by atoms with van der Waals surface area (Å²) >= 11 is 0. The maximum absolute atomic E-state index is 13.4. The molecule has 2 saturated heterocycles. The minimum absolute atomic E-state index is 0.0551. The van der Waals surface area contributed by atoms with Crippen molar-refractivity contribution >= 4 is 28.2 Å². The van der Waals surface area contributed by atoms with Crippen LogP contribution in [-0.2, 0) is 9.53 Å². The Morgan fingerprint density at radius 3 is 2.41 bits per heavy atom. The highest BCUT2D eigenvalue weighted by molar-refractivity contribution is 8.24. The summed E-state index contributed by atoms with van der Waals surface area (Å²) < 4.78 is 32.0. The van der Waals surface area contributed by atoms with Gasteiger partial charge in [0.15, 0.2) is 0 Å². The number of hydrogen-bond donors (Lipinski definition) is 3. The highest BCUT2D eigenvalue weighted by Crippen LogP contribution is 2.45. The van der Waals surface area contributed by atoms with Gasteiger partial charge < -0.3 is 24.3 Å². The maximum Gasteiger partial charge on any atom is 0.298 e. The van der Waals surface area contributed by atoms with Crippen LogP contribution < -0.4 is 15.1 Å². The summed E-state index contributed by atoms with van der Waals surface area (Å²) in [6.07, 6.45) is 5.01. The number of amides is 1. The highest BCUT2D eigenvalue weighted by atomic mass is 32.3. The molecular weight excluding hydrogens is 518 g/mol. The Labute approximate surface area is 230 Å². The summed E-state index contributed by atoms with van der Waals surface area (Å²) in [6, 6.07) is 11.0. The Morgan fingerprint density at radius 2 is 1.74 bits per heavy atom. The van der Waals surface area contributed by atoms with Crippen LogP contribution in [0.3, 0.4) is 0 Å². The van der Waals surface area contributed by atoms with Crippen molar-refractivity contribution in [2.24, 2.45) is 5.92 Å². The van der Waals surface area contributed by atoms with Gasteiger partial charge in [-0.05, 0) is 37.8 Å². The zero-order valence-corrected chi connectivity index (χ0v) is 23.0. The molecule has 4 aliphatic rings. The van der Waals surface area contributed by atoms with Crippen LogP contribution in [0.4, 0.5) is 11.7 Å². The van der Waals surface area contributed by atoms with E-state index in [1.54, 1.807) is 0 Å². The Bertz CT molecular complexity index is 1220. The molecule has 0 bridgehead atoms. The molecule has 11 heteroatoms. The fraction of sp³-hybridized carbons (Fsp3) is 0.607. The quantitative estimate of drug-likeness (QED) is 0.479. The van der Waals surface area contributed by atoms with Gasteiger partial charge in [0, 0.05) is 49.3 Å². The molecule has 3 N–H and O–H groups in total. The third-order valence-electron chi connectivity index (χ3n) is 8.57. The van der Waals surface area contributed by atoms with Gasteiger partial charge in [-0.3, -0.25) is 13.9 Å². The number of morpholine rings is 1. The lowest BCUT2D eigenvalue weighted by molar-refractivity contribution is -0.127. The first kappa shape index (κ1) is 26.4. The molecule has 2 aliphatic carbocycles. The molecule has 2 aliphatic heterocycles. The van der Waals surface area contributed by atoms with Gasteiger partial charge in [-0.15, -0.1) is 0 Å². The first-order valence-electron chi connectivity index (χ1n) is 14.0. The summed E-state index contributed by atoms with van der Waals surface area (Å²) in [6.45, 7) is 3.86. The summed E-state index contributed by atoms with van der Waals surface area (Å²) in [7, 11) is -2.45. The lowest BCUT2D eigenvalue weighted by Gasteiger charge is -2.41. The number of carbonyl (C=O) groups excluding carboxylic acids is 1. The number of carbonyl (C=O) groups is 1. The molecular formula is C28H37N5O5S. The first-order chi connectivity index (χ1) is 18.9. The molecule has 0 spiro atoms. The van der Waals surface area contributed by atoms with Gasteiger partial charge in [0.1, 0.15) is 17.0 Å². The van der Waals surface area contributed by atoms with Gasteiger partial charge in [-0.2, -0.15) is 20.8 Å². The van der Waals surface area contributed by atoms with E-state index in [0.29, 0.717) is 69.8 Å². The van der Waals surface area contributed by atoms with Crippen LogP contribution in [0.5, 0.6) is 0 Å². The number of benzene rings is 1. The Kier molecular flexibility index (Phi) is 7.22. The SMILES string of the molecule is N#CC1(NC(=O)[C@@H]2CCCC[C@H]2c2oc(N3CCOCC3)nc2-c2ccc(N3CCS(O)(O)CC3)cc2)CC1. The largest absolute Gasteiger partial charge is 0.428 e. The third kappa shape index (κ3) is 5.61. The van der Waals surface area contributed by atoms with E-state index in [4.69, 9.17) is 14.1 Å². The van der Waals surface area contributed by atoms with Gasteiger partial charge in [0.2, 0.25) is 5.91 Å². The molecule has 4 fully saturated rings. The maximum atomic E-state index is 13.4. The van der Waals surface area contributed by atoms with Crippen molar-refractivity contribution in [1.82, 2.24) is 10.3 Å². The normalized spacial score (nSPS) is 26.9. The second-order valence-corrected chi connectivity index (χ2v) is 13.7. The van der Waals surface area contributed by atoms with Crippen LogP contribution in [0.15, 0.2) is 28.7 Å². The van der Waals surface area contributed by atoms with Gasteiger partial charge in [-0.1, -0.05) is 25.0 Å². The predicted molar refractivity (Wildman–Crippen MR) is 150 cm³/mol. The van der Waals surface area contributed by atoms with Gasteiger partial charge >= 0.3 is 0 Å². The predicted octanol–water partition coefficient (Wildman–Crippen LogP) is 4.19. The molecule has 2 saturated carbocycles. The number of ether oxygens (including phenoxy) is 1. The molecule has 0 unspecified atom stereocenters. The molecule has 39 heavy (non-hydrogen) atoms. The highest BCUT2D eigenvalue weighted by Gasteiger charge is 2.47. The fourth-order valence-corrected chi connectivity index (χ4v) is 7.19. The summed E-state index contributed by atoms with van der Waals surface area (Å²) in [5, 5.41) is 12.6. The van der Waals surface area contributed by atoms with Crippen molar-refractivity contribution in [3.63, 3.8) is 0 Å². The molecule has 1 aromatic heterocycles. The van der Waals surface area contributed by atoms with E-state index in [2.05, 4.69) is 21.2 Å². The van der Waals surface area contributed by atoms with Crippen molar-refractivity contribution in [2.45, 2.75) is 50.0 Å². The van der Waals surface area contributed by atoms with E-state index in [1.165, 1.54) is 0 Å². The molecule has 2 atom stereocenters. The van der Waals surface area contributed by atoms with Gasteiger partial charge in [0.25, 0.3) is 6.01 Å². The lowest BCUT2D eigenvalue weighted by atomic mass is 9.76. The molecule has 6 rings (SSSR count). The second kappa shape index (κ2) is 10.7. The molecule has 210 valence electrons. The van der Waals surface area contributed by atoms with Crippen LogP contribution >= 0.6 is 10.6 Å².